The second-order valence-electron chi connectivity index (χ2n) is 9.61. The summed E-state index contributed by atoms with van der Waals surface area (Å²) in [4.78, 5) is 47.9. The van der Waals surface area contributed by atoms with Crippen LogP contribution in [0.3, 0.4) is 0 Å². The topological polar surface area (TPSA) is 127 Å². The molecule has 8 atom stereocenters. The molecule has 2 heterocycles. The van der Waals surface area contributed by atoms with Gasteiger partial charge in [0.25, 0.3) is 0 Å². The second kappa shape index (κ2) is 7.80. The molecule has 4 aliphatic rings. The van der Waals surface area contributed by atoms with Gasteiger partial charge in [0.05, 0.1) is 23.5 Å². The van der Waals surface area contributed by atoms with E-state index in [2.05, 4.69) is 0 Å². The number of esters is 4. The van der Waals surface area contributed by atoms with Gasteiger partial charge in [0.1, 0.15) is 24.4 Å². The Morgan fingerprint density at radius 1 is 1.00 bits per heavy atom. The van der Waals surface area contributed by atoms with Crippen molar-refractivity contribution in [2.75, 3.05) is 13.2 Å². The van der Waals surface area contributed by atoms with Crippen molar-refractivity contribution in [1.82, 2.24) is 0 Å². The van der Waals surface area contributed by atoms with Crippen LogP contribution in [0.2, 0.25) is 0 Å². The molecule has 182 valence electrons. The monoisotopic (exact) mass is 466 g/mol. The Bertz CT molecular complexity index is 920. The second-order valence-corrected chi connectivity index (χ2v) is 9.61. The highest BCUT2D eigenvalue weighted by atomic mass is 16.7. The molecule has 0 amide bonds. The zero-order valence-electron chi connectivity index (χ0n) is 19.7. The van der Waals surface area contributed by atoms with Crippen molar-refractivity contribution in [2.24, 2.45) is 10.8 Å². The molecule has 33 heavy (non-hydrogen) atoms. The first-order chi connectivity index (χ1) is 15.4. The van der Waals surface area contributed by atoms with Gasteiger partial charge in [-0.2, -0.15) is 0 Å². The predicted molar refractivity (Wildman–Crippen MR) is 110 cm³/mol. The van der Waals surface area contributed by atoms with Crippen molar-refractivity contribution < 1.29 is 47.6 Å². The molecule has 4 rings (SSSR count). The molecular weight excluding hydrogens is 436 g/mol. The van der Waals surface area contributed by atoms with E-state index >= 15 is 0 Å². The van der Waals surface area contributed by atoms with Crippen molar-refractivity contribution in [3.8, 4) is 0 Å². The fourth-order valence-electron chi connectivity index (χ4n) is 6.21. The first-order valence-corrected chi connectivity index (χ1v) is 11.0. The van der Waals surface area contributed by atoms with E-state index in [1.165, 1.54) is 27.7 Å². The predicted octanol–water partition coefficient (Wildman–Crippen LogP) is 1.24. The summed E-state index contributed by atoms with van der Waals surface area (Å²) in [6.07, 6.45) is -1.65. The Hall–Kier alpha value is -2.46. The van der Waals surface area contributed by atoms with Crippen LogP contribution in [0, 0.1) is 10.8 Å². The van der Waals surface area contributed by atoms with Crippen LogP contribution in [0.15, 0.2) is 11.6 Å². The maximum Gasteiger partial charge on any atom is 0.303 e. The molecule has 2 saturated heterocycles. The quantitative estimate of drug-likeness (QED) is 0.253. The highest BCUT2D eigenvalue weighted by molar-refractivity contribution is 5.69. The molecule has 0 aromatic rings. The van der Waals surface area contributed by atoms with E-state index in [1.54, 1.807) is 0 Å². The van der Waals surface area contributed by atoms with Gasteiger partial charge in [-0.15, -0.1) is 0 Å². The molecule has 2 unspecified atom stereocenters. The van der Waals surface area contributed by atoms with Gasteiger partial charge in [0.2, 0.25) is 0 Å². The van der Waals surface area contributed by atoms with Gasteiger partial charge < -0.3 is 28.4 Å². The van der Waals surface area contributed by atoms with E-state index in [-0.39, 0.29) is 13.0 Å². The van der Waals surface area contributed by atoms with Gasteiger partial charge in [-0.3, -0.25) is 19.2 Å². The molecule has 2 aliphatic heterocycles. The van der Waals surface area contributed by atoms with Crippen LogP contribution < -0.4 is 0 Å². The number of carbonyl (C=O) groups excluding carboxylic acids is 4. The third kappa shape index (κ3) is 3.37. The number of rotatable bonds is 5. The Kier molecular flexibility index (Phi) is 5.60. The summed E-state index contributed by atoms with van der Waals surface area (Å²) in [6.45, 7) is 9.11. The molecule has 0 aromatic heterocycles. The molecule has 2 bridgehead atoms. The Balaban J connectivity index is 1.90. The number of carbonyl (C=O) groups is 4. The van der Waals surface area contributed by atoms with Crippen LogP contribution in [0.4, 0.5) is 0 Å². The highest BCUT2D eigenvalue weighted by Crippen LogP contribution is 2.72. The summed E-state index contributed by atoms with van der Waals surface area (Å²) in [5, 5.41) is 0. The van der Waals surface area contributed by atoms with Crippen LogP contribution in [-0.2, 0) is 47.6 Å². The third-order valence-corrected chi connectivity index (χ3v) is 7.74. The molecule has 1 saturated carbocycles. The molecule has 10 nitrogen and oxygen atoms in total. The maximum atomic E-state index is 12.2. The lowest BCUT2D eigenvalue weighted by Crippen LogP contribution is -2.68. The van der Waals surface area contributed by atoms with E-state index in [0.717, 1.165) is 5.57 Å². The average Bonchev–Trinajstić information content (AvgIpc) is 3.47. The molecule has 2 aliphatic carbocycles. The number of ether oxygens (including phenoxy) is 6. The fraction of sp³-hybridized carbons (Fsp3) is 0.739. The summed E-state index contributed by atoms with van der Waals surface area (Å²) >= 11 is 0. The van der Waals surface area contributed by atoms with E-state index in [9.17, 15) is 19.2 Å². The molecule has 3 fully saturated rings. The molecule has 10 heteroatoms. The standard InChI is InChI=1S/C23H30O10/c1-11-7-17-22(9-28-12(2)24,8-16(11)30-13(3)25)21(6)19(32-15(5)27)18(31-14(4)26)20(33-17)23(21)10-29-23/h7,16-20H,8-10H2,1-6H3/t16-,17+,18+,19+,20+,21?,22+,23?/m0/s1. The van der Waals surface area contributed by atoms with Gasteiger partial charge in [-0.1, -0.05) is 13.0 Å². The molecular formula is C23H30O10. The lowest BCUT2D eigenvalue weighted by Gasteiger charge is -2.58. The summed E-state index contributed by atoms with van der Waals surface area (Å²) in [7, 11) is 0. The third-order valence-electron chi connectivity index (χ3n) is 7.74. The summed E-state index contributed by atoms with van der Waals surface area (Å²) in [5.74, 6) is -2.05. The van der Waals surface area contributed by atoms with E-state index in [4.69, 9.17) is 28.4 Å². The van der Waals surface area contributed by atoms with Gasteiger partial charge in [0.15, 0.2) is 12.2 Å². The molecule has 1 spiro atoms. The van der Waals surface area contributed by atoms with Gasteiger partial charge >= 0.3 is 23.9 Å². The van der Waals surface area contributed by atoms with Crippen LogP contribution in [0.25, 0.3) is 0 Å². The van der Waals surface area contributed by atoms with Crippen molar-refractivity contribution in [3.05, 3.63) is 11.6 Å². The number of hydrogen-bond acceptors (Lipinski definition) is 10. The first-order valence-electron chi connectivity index (χ1n) is 11.0. The van der Waals surface area contributed by atoms with Gasteiger partial charge in [0, 0.05) is 34.1 Å². The largest absolute Gasteiger partial charge is 0.465 e. The molecule has 0 radical (unpaired) electrons. The fourth-order valence-corrected chi connectivity index (χ4v) is 6.21. The number of fused-ring (bicyclic) bond motifs is 2. The lowest BCUT2D eigenvalue weighted by molar-refractivity contribution is -0.241. The van der Waals surface area contributed by atoms with Crippen LogP contribution in [-0.4, -0.2) is 73.2 Å². The Morgan fingerprint density at radius 2 is 1.61 bits per heavy atom. The summed E-state index contributed by atoms with van der Waals surface area (Å²) in [5.41, 5.74) is -2.13. The van der Waals surface area contributed by atoms with Crippen LogP contribution in [0.5, 0.6) is 0 Å². The van der Waals surface area contributed by atoms with E-state index in [0.29, 0.717) is 6.61 Å². The zero-order chi connectivity index (χ0) is 24.3. The summed E-state index contributed by atoms with van der Waals surface area (Å²) < 4.78 is 35.1. The van der Waals surface area contributed by atoms with E-state index < -0.39 is 70.8 Å². The minimum Gasteiger partial charge on any atom is -0.465 e. The minimum atomic E-state index is -1.000. The normalized spacial score (nSPS) is 42.6. The van der Waals surface area contributed by atoms with E-state index in [1.807, 2.05) is 19.9 Å². The zero-order valence-corrected chi connectivity index (χ0v) is 19.7. The average molecular weight is 466 g/mol. The number of hydrogen-bond donors (Lipinski definition) is 0. The Labute approximate surface area is 191 Å². The Morgan fingerprint density at radius 3 is 2.12 bits per heavy atom. The SMILES string of the molecule is CC(=O)OC[C@]12C[C@H](OC(C)=O)C(C)=C[C@H]1O[C@@H]1[C@H](OC(C)=O)[C@@H](OC(C)=O)C2(C)C12CO2. The summed E-state index contributed by atoms with van der Waals surface area (Å²) in [6, 6.07) is 0. The highest BCUT2D eigenvalue weighted by Gasteiger charge is 2.87. The van der Waals surface area contributed by atoms with Crippen molar-refractivity contribution in [3.63, 3.8) is 0 Å². The van der Waals surface area contributed by atoms with Crippen molar-refractivity contribution in [1.29, 1.82) is 0 Å². The van der Waals surface area contributed by atoms with Crippen LogP contribution in [0.1, 0.15) is 48.0 Å². The number of epoxide rings is 1. The molecule has 0 N–H and O–H groups in total. The van der Waals surface area contributed by atoms with Crippen LogP contribution >= 0.6 is 0 Å². The first kappa shape index (κ1) is 23.7. The van der Waals surface area contributed by atoms with Gasteiger partial charge in [-0.25, -0.2) is 0 Å². The maximum absolute atomic E-state index is 12.2. The molecule has 0 aromatic carbocycles. The van der Waals surface area contributed by atoms with Crippen molar-refractivity contribution >= 4 is 23.9 Å². The lowest BCUT2D eigenvalue weighted by atomic mass is 9.51. The smallest absolute Gasteiger partial charge is 0.303 e. The minimum absolute atomic E-state index is 0.0899. The van der Waals surface area contributed by atoms with Gasteiger partial charge in [-0.05, 0) is 12.5 Å². The van der Waals surface area contributed by atoms with Crippen molar-refractivity contribution in [2.45, 2.75) is 84.1 Å².